The van der Waals surface area contributed by atoms with Crippen molar-refractivity contribution in [2.75, 3.05) is 0 Å². The number of hydrogen-bond donors (Lipinski definition) is 1. The summed E-state index contributed by atoms with van der Waals surface area (Å²) in [4.78, 5) is 28.3. The number of halogens is 1. The number of hydrogen-bond acceptors (Lipinski definition) is 2. The van der Waals surface area contributed by atoms with Crippen molar-refractivity contribution in [3.63, 3.8) is 0 Å². The first-order valence-electron chi connectivity index (χ1n) is 11.5. The second-order valence-corrected chi connectivity index (χ2v) is 8.77. The maximum absolute atomic E-state index is 13.3. The van der Waals surface area contributed by atoms with Gasteiger partial charge in [-0.25, -0.2) is 0 Å². The third-order valence-corrected chi connectivity index (χ3v) is 6.47. The topological polar surface area (TPSA) is 49.4 Å². The van der Waals surface area contributed by atoms with E-state index in [0.29, 0.717) is 30.8 Å². The van der Waals surface area contributed by atoms with Crippen LogP contribution in [0.3, 0.4) is 0 Å². The minimum Gasteiger partial charge on any atom is -0.352 e. The molecule has 1 saturated carbocycles. The van der Waals surface area contributed by atoms with Gasteiger partial charge in [0.15, 0.2) is 0 Å². The largest absolute Gasteiger partial charge is 0.352 e. The van der Waals surface area contributed by atoms with Gasteiger partial charge < -0.3 is 10.2 Å². The molecule has 0 heterocycles. The highest BCUT2D eigenvalue weighted by atomic mass is 35.5. The normalized spacial score (nSPS) is 15.3. The lowest BCUT2D eigenvalue weighted by molar-refractivity contribution is -0.141. The Morgan fingerprint density at radius 1 is 1.03 bits per heavy atom. The van der Waals surface area contributed by atoms with E-state index in [0.717, 1.165) is 36.8 Å². The minimum atomic E-state index is -0.471. The molecule has 1 atom stereocenters. The van der Waals surface area contributed by atoms with Crippen molar-refractivity contribution in [1.82, 2.24) is 10.2 Å². The molecule has 0 aromatic heterocycles. The maximum atomic E-state index is 13.3. The number of carbonyl (C=O) groups excluding carboxylic acids is 2. The van der Waals surface area contributed by atoms with E-state index in [9.17, 15) is 9.59 Å². The third-order valence-electron chi connectivity index (χ3n) is 6.10. The van der Waals surface area contributed by atoms with E-state index in [4.69, 9.17) is 11.6 Å². The lowest BCUT2D eigenvalue weighted by Crippen LogP contribution is -2.51. The predicted molar refractivity (Wildman–Crippen MR) is 126 cm³/mol. The fourth-order valence-corrected chi connectivity index (χ4v) is 4.56. The zero-order valence-electron chi connectivity index (χ0n) is 18.4. The first-order valence-corrected chi connectivity index (χ1v) is 11.8. The summed E-state index contributed by atoms with van der Waals surface area (Å²) in [5.41, 5.74) is 1.98. The molecule has 0 aliphatic heterocycles. The van der Waals surface area contributed by atoms with Crippen LogP contribution in [0.2, 0.25) is 5.02 Å². The monoisotopic (exact) mass is 440 g/mol. The highest BCUT2D eigenvalue weighted by Crippen LogP contribution is 2.21. The molecule has 1 N–H and O–H groups in total. The molecular formula is C26H33ClN2O2. The summed E-state index contributed by atoms with van der Waals surface area (Å²) in [5.74, 6) is -0.0501. The Morgan fingerprint density at radius 2 is 1.71 bits per heavy atom. The summed E-state index contributed by atoms with van der Waals surface area (Å²) in [7, 11) is 0. The van der Waals surface area contributed by atoms with E-state index in [1.807, 2.05) is 61.5 Å². The summed E-state index contributed by atoms with van der Waals surface area (Å²) in [6.07, 6.45) is 7.09. The van der Waals surface area contributed by atoms with Gasteiger partial charge in [-0.15, -0.1) is 0 Å². The molecule has 1 aliphatic carbocycles. The van der Waals surface area contributed by atoms with Crippen LogP contribution in [0.25, 0.3) is 0 Å². The van der Waals surface area contributed by atoms with Gasteiger partial charge in [0.25, 0.3) is 0 Å². The molecule has 1 aliphatic rings. The van der Waals surface area contributed by atoms with Crippen LogP contribution in [0, 0.1) is 0 Å². The van der Waals surface area contributed by atoms with Crippen molar-refractivity contribution in [2.45, 2.75) is 76.9 Å². The lowest BCUT2D eigenvalue weighted by Gasteiger charge is -2.33. The maximum Gasteiger partial charge on any atom is 0.243 e. The molecule has 1 unspecified atom stereocenters. The average Bonchev–Trinajstić information content (AvgIpc) is 2.79. The molecule has 5 heteroatoms. The molecule has 166 valence electrons. The van der Waals surface area contributed by atoms with E-state index in [1.165, 1.54) is 6.42 Å². The van der Waals surface area contributed by atoms with Crippen molar-refractivity contribution >= 4 is 23.4 Å². The molecule has 31 heavy (non-hydrogen) atoms. The summed E-state index contributed by atoms with van der Waals surface area (Å²) in [6.45, 7) is 2.41. The molecule has 2 amide bonds. The predicted octanol–water partition coefficient (Wildman–Crippen LogP) is 5.53. The zero-order valence-corrected chi connectivity index (χ0v) is 19.1. The van der Waals surface area contributed by atoms with Gasteiger partial charge in [0.05, 0.1) is 0 Å². The third kappa shape index (κ3) is 6.83. The Kier molecular flexibility index (Phi) is 8.96. The molecule has 0 spiro atoms. The van der Waals surface area contributed by atoms with Gasteiger partial charge in [0.1, 0.15) is 6.04 Å². The van der Waals surface area contributed by atoms with Crippen LogP contribution < -0.4 is 5.32 Å². The van der Waals surface area contributed by atoms with Gasteiger partial charge in [-0.2, -0.15) is 0 Å². The SMILES string of the molecule is CCC(C(=O)NC1CCCCC1)N(Cc1ccccc1)C(=O)CCc1ccccc1Cl. The van der Waals surface area contributed by atoms with E-state index >= 15 is 0 Å². The molecule has 2 aromatic rings. The highest BCUT2D eigenvalue weighted by molar-refractivity contribution is 6.31. The van der Waals surface area contributed by atoms with Gasteiger partial charge in [0.2, 0.25) is 11.8 Å². The van der Waals surface area contributed by atoms with E-state index in [1.54, 1.807) is 4.90 Å². The van der Waals surface area contributed by atoms with Crippen molar-refractivity contribution in [2.24, 2.45) is 0 Å². The number of carbonyl (C=O) groups is 2. The molecule has 3 rings (SSSR count). The first kappa shape index (κ1) is 23.3. The van der Waals surface area contributed by atoms with Crippen LogP contribution in [0.15, 0.2) is 54.6 Å². The second-order valence-electron chi connectivity index (χ2n) is 8.37. The summed E-state index contributed by atoms with van der Waals surface area (Å²) in [6, 6.07) is 17.3. The molecule has 0 radical (unpaired) electrons. The van der Waals surface area contributed by atoms with Crippen LogP contribution in [0.5, 0.6) is 0 Å². The summed E-state index contributed by atoms with van der Waals surface area (Å²) in [5, 5.41) is 3.89. The molecule has 0 bridgehead atoms. The van der Waals surface area contributed by atoms with Crippen molar-refractivity contribution in [3.05, 3.63) is 70.7 Å². The van der Waals surface area contributed by atoms with Crippen LogP contribution >= 0.6 is 11.6 Å². The van der Waals surface area contributed by atoms with E-state index < -0.39 is 6.04 Å². The number of nitrogens with zero attached hydrogens (tertiary/aromatic N) is 1. The fourth-order valence-electron chi connectivity index (χ4n) is 4.33. The lowest BCUT2D eigenvalue weighted by atomic mass is 9.95. The molecule has 4 nitrogen and oxygen atoms in total. The first-order chi connectivity index (χ1) is 15.1. The minimum absolute atomic E-state index is 0.0191. The Hall–Kier alpha value is -2.33. The second kappa shape index (κ2) is 11.9. The Balaban J connectivity index is 1.73. The molecule has 2 aromatic carbocycles. The average molecular weight is 441 g/mol. The van der Waals surface area contributed by atoms with Crippen LogP contribution in [0.4, 0.5) is 0 Å². The Bertz CT molecular complexity index is 849. The van der Waals surface area contributed by atoms with Gasteiger partial charge >= 0.3 is 0 Å². The Morgan fingerprint density at radius 3 is 2.39 bits per heavy atom. The van der Waals surface area contributed by atoms with Gasteiger partial charge in [0, 0.05) is 24.0 Å². The fraction of sp³-hybridized carbons (Fsp3) is 0.462. The number of aryl methyl sites for hydroxylation is 1. The number of amides is 2. The quantitative estimate of drug-likeness (QED) is 0.557. The van der Waals surface area contributed by atoms with Crippen LogP contribution in [-0.2, 0) is 22.6 Å². The van der Waals surface area contributed by atoms with Crippen LogP contribution in [-0.4, -0.2) is 28.8 Å². The van der Waals surface area contributed by atoms with Crippen LogP contribution in [0.1, 0.15) is 63.0 Å². The number of nitrogens with one attached hydrogen (secondary N) is 1. The van der Waals surface area contributed by atoms with Crippen molar-refractivity contribution < 1.29 is 9.59 Å². The summed E-state index contributed by atoms with van der Waals surface area (Å²) < 4.78 is 0. The molecule has 1 fully saturated rings. The number of benzene rings is 2. The van der Waals surface area contributed by atoms with Gasteiger partial charge in [-0.1, -0.05) is 86.3 Å². The zero-order chi connectivity index (χ0) is 22.1. The Labute approximate surface area is 191 Å². The van der Waals surface area contributed by atoms with Gasteiger partial charge in [-0.3, -0.25) is 9.59 Å². The molecular weight excluding hydrogens is 408 g/mol. The van der Waals surface area contributed by atoms with Gasteiger partial charge in [-0.05, 0) is 42.9 Å². The standard InChI is InChI=1S/C26H33ClN2O2/c1-2-24(26(31)28-22-14-7-4-8-15-22)29(19-20-11-5-3-6-12-20)25(30)18-17-21-13-9-10-16-23(21)27/h3,5-6,9-13,16,22,24H,2,4,7-8,14-15,17-19H2,1H3,(H,28,31). The highest BCUT2D eigenvalue weighted by Gasteiger charge is 2.30. The number of rotatable bonds is 9. The smallest absolute Gasteiger partial charge is 0.243 e. The van der Waals surface area contributed by atoms with Crippen molar-refractivity contribution in [1.29, 1.82) is 0 Å². The van der Waals surface area contributed by atoms with Crippen molar-refractivity contribution in [3.8, 4) is 0 Å². The summed E-state index contributed by atoms with van der Waals surface area (Å²) >= 11 is 6.28. The molecule has 0 saturated heterocycles. The van der Waals surface area contributed by atoms with E-state index in [-0.39, 0.29) is 17.9 Å². The van der Waals surface area contributed by atoms with E-state index in [2.05, 4.69) is 5.32 Å².